The predicted molar refractivity (Wildman–Crippen MR) is 74.6 cm³/mol. The van der Waals surface area contributed by atoms with Crippen molar-refractivity contribution in [1.82, 2.24) is 10.3 Å². The molecule has 3 rings (SSSR count). The van der Waals surface area contributed by atoms with Crippen molar-refractivity contribution in [2.75, 3.05) is 6.79 Å². The highest BCUT2D eigenvalue weighted by molar-refractivity contribution is 7.09. The molecule has 0 aliphatic carbocycles. The first-order valence-corrected chi connectivity index (χ1v) is 7.26. The van der Waals surface area contributed by atoms with E-state index in [2.05, 4.69) is 23.3 Å². The quantitative estimate of drug-likeness (QED) is 0.911. The second-order valence-electron chi connectivity index (χ2n) is 4.36. The molecule has 0 bridgehead atoms. The molecule has 1 aromatic carbocycles. The first-order chi connectivity index (χ1) is 9.38. The highest BCUT2D eigenvalue weighted by atomic mass is 32.1. The lowest BCUT2D eigenvalue weighted by molar-refractivity contribution is 0.173. The molecule has 100 valence electrons. The lowest BCUT2D eigenvalue weighted by atomic mass is 10.1. The number of aromatic nitrogens is 1. The number of hydrogen-bond donors (Lipinski definition) is 1. The number of hydrogen-bond acceptors (Lipinski definition) is 5. The largest absolute Gasteiger partial charge is 0.454 e. The molecule has 5 heteroatoms. The van der Waals surface area contributed by atoms with Gasteiger partial charge in [0.05, 0.1) is 6.04 Å². The van der Waals surface area contributed by atoms with Crippen LogP contribution in [-0.2, 0) is 6.54 Å². The zero-order chi connectivity index (χ0) is 13.1. The first-order valence-electron chi connectivity index (χ1n) is 6.38. The number of thiazole rings is 1. The number of nitrogens with zero attached hydrogens (tertiary/aromatic N) is 1. The summed E-state index contributed by atoms with van der Waals surface area (Å²) in [6.07, 6.45) is 2.86. The second-order valence-corrected chi connectivity index (χ2v) is 5.29. The Morgan fingerprint density at radius 2 is 2.37 bits per heavy atom. The van der Waals surface area contributed by atoms with Crippen LogP contribution in [0, 0.1) is 0 Å². The summed E-state index contributed by atoms with van der Waals surface area (Å²) in [6, 6.07) is 6.28. The predicted octanol–water partition coefficient (Wildman–Crippen LogP) is 3.11. The summed E-state index contributed by atoms with van der Waals surface area (Å²) in [5, 5.41) is 6.67. The van der Waals surface area contributed by atoms with E-state index < -0.39 is 0 Å². The molecule has 0 radical (unpaired) electrons. The monoisotopic (exact) mass is 276 g/mol. The van der Waals surface area contributed by atoms with Gasteiger partial charge < -0.3 is 14.8 Å². The van der Waals surface area contributed by atoms with Crippen molar-refractivity contribution in [2.45, 2.75) is 25.9 Å². The fraction of sp³-hybridized carbons (Fsp3) is 0.357. The fourth-order valence-electron chi connectivity index (χ4n) is 2.18. The maximum Gasteiger partial charge on any atom is 0.231 e. The van der Waals surface area contributed by atoms with Gasteiger partial charge in [-0.25, -0.2) is 4.98 Å². The third kappa shape index (κ3) is 2.57. The maximum atomic E-state index is 5.51. The van der Waals surface area contributed by atoms with E-state index in [0.717, 1.165) is 35.0 Å². The van der Waals surface area contributed by atoms with Gasteiger partial charge in [0.15, 0.2) is 11.5 Å². The molecule has 1 aromatic heterocycles. The van der Waals surface area contributed by atoms with Crippen LogP contribution < -0.4 is 14.8 Å². The smallest absolute Gasteiger partial charge is 0.231 e. The number of rotatable bonds is 5. The molecule has 0 saturated heterocycles. The Balaban J connectivity index is 1.71. The molecular formula is C14H16N2O2S. The van der Waals surface area contributed by atoms with Gasteiger partial charge in [0.1, 0.15) is 5.01 Å². The topological polar surface area (TPSA) is 43.4 Å². The normalized spacial score (nSPS) is 14.6. The Morgan fingerprint density at radius 1 is 1.42 bits per heavy atom. The van der Waals surface area contributed by atoms with Gasteiger partial charge in [-0.1, -0.05) is 19.1 Å². The van der Waals surface area contributed by atoms with Crippen molar-refractivity contribution in [3.63, 3.8) is 0 Å². The van der Waals surface area contributed by atoms with E-state index in [1.807, 2.05) is 23.7 Å². The second kappa shape index (κ2) is 5.59. The van der Waals surface area contributed by atoms with E-state index in [0.29, 0.717) is 6.79 Å². The zero-order valence-electron chi connectivity index (χ0n) is 10.8. The van der Waals surface area contributed by atoms with Crippen LogP contribution >= 0.6 is 11.3 Å². The Morgan fingerprint density at radius 3 is 3.16 bits per heavy atom. The van der Waals surface area contributed by atoms with Crippen LogP contribution in [0.2, 0.25) is 0 Å². The molecule has 0 spiro atoms. The van der Waals surface area contributed by atoms with Crippen molar-refractivity contribution in [1.29, 1.82) is 0 Å². The number of ether oxygens (including phenoxy) is 2. The Bertz CT molecular complexity index is 542. The standard InChI is InChI=1S/C14H16N2O2S/c1-2-11(14-15-6-7-19-14)16-8-10-4-3-5-12-13(10)18-9-17-12/h3-7,11,16H,2,8-9H2,1H3. The van der Waals surface area contributed by atoms with Crippen molar-refractivity contribution < 1.29 is 9.47 Å². The Labute approximate surface area is 116 Å². The minimum Gasteiger partial charge on any atom is -0.454 e. The number of benzene rings is 1. The molecule has 2 heterocycles. The van der Waals surface area contributed by atoms with Gasteiger partial charge >= 0.3 is 0 Å². The van der Waals surface area contributed by atoms with E-state index in [1.54, 1.807) is 11.3 Å². The molecular weight excluding hydrogens is 260 g/mol. The Hall–Kier alpha value is -1.59. The van der Waals surface area contributed by atoms with Gasteiger partial charge in [0.25, 0.3) is 0 Å². The first kappa shape index (κ1) is 12.4. The van der Waals surface area contributed by atoms with E-state index in [9.17, 15) is 0 Å². The Kier molecular flexibility index (Phi) is 3.66. The van der Waals surface area contributed by atoms with Crippen molar-refractivity contribution in [3.8, 4) is 11.5 Å². The minimum atomic E-state index is 0.290. The maximum absolute atomic E-state index is 5.51. The number of nitrogens with one attached hydrogen (secondary N) is 1. The molecule has 2 aromatic rings. The van der Waals surface area contributed by atoms with Crippen LogP contribution in [-0.4, -0.2) is 11.8 Å². The van der Waals surface area contributed by atoms with Gasteiger partial charge in [0, 0.05) is 23.7 Å². The summed E-state index contributed by atoms with van der Waals surface area (Å²) >= 11 is 1.69. The molecule has 19 heavy (non-hydrogen) atoms. The molecule has 1 aliphatic rings. The lowest BCUT2D eigenvalue weighted by Gasteiger charge is -2.15. The average molecular weight is 276 g/mol. The summed E-state index contributed by atoms with van der Waals surface area (Å²) in [5.41, 5.74) is 1.13. The van der Waals surface area contributed by atoms with Crippen LogP contribution in [0.1, 0.15) is 30.0 Å². The fourth-order valence-corrected chi connectivity index (χ4v) is 2.97. The van der Waals surface area contributed by atoms with Crippen LogP contribution in [0.25, 0.3) is 0 Å². The van der Waals surface area contributed by atoms with Crippen LogP contribution in [0.15, 0.2) is 29.8 Å². The number of para-hydroxylation sites is 1. The summed E-state index contributed by atoms with van der Waals surface area (Å²) in [6.45, 7) is 3.23. The molecule has 0 fully saturated rings. The van der Waals surface area contributed by atoms with Crippen molar-refractivity contribution in [2.24, 2.45) is 0 Å². The molecule has 0 amide bonds. The van der Waals surface area contributed by atoms with E-state index >= 15 is 0 Å². The van der Waals surface area contributed by atoms with Gasteiger partial charge in [0.2, 0.25) is 6.79 Å². The molecule has 1 N–H and O–H groups in total. The van der Waals surface area contributed by atoms with Gasteiger partial charge in [-0.3, -0.25) is 0 Å². The number of fused-ring (bicyclic) bond motifs is 1. The summed E-state index contributed by atoms with van der Waals surface area (Å²) < 4.78 is 10.9. The molecule has 1 aliphatic heterocycles. The van der Waals surface area contributed by atoms with Gasteiger partial charge in [-0.2, -0.15) is 0 Å². The molecule has 0 saturated carbocycles. The average Bonchev–Trinajstić information content (AvgIpc) is 3.10. The van der Waals surface area contributed by atoms with Crippen molar-refractivity contribution >= 4 is 11.3 Å². The highest BCUT2D eigenvalue weighted by Gasteiger charge is 2.18. The third-order valence-corrected chi connectivity index (χ3v) is 4.06. The van der Waals surface area contributed by atoms with Gasteiger partial charge in [-0.15, -0.1) is 11.3 Å². The SMILES string of the molecule is CCC(NCc1cccc2c1OCO2)c1nccs1. The van der Waals surface area contributed by atoms with Gasteiger partial charge in [-0.05, 0) is 12.5 Å². The molecule has 1 unspecified atom stereocenters. The van der Waals surface area contributed by atoms with Crippen LogP contribution in [0.3, 0.4) is 0 Å². The zero-order valence-corrected chi connectivity index (χ0v) is 11.6. The summed E-state index contributed by atoms with van der Waals surface area (Å²) in [5.74, 6) is 1.70. The molecule has 1 atom stereocenters. The van der Waals surface area contributed by atoms with Crippen molar-refractivity contribution in [3.05, 3.63) is 40.3 Å². The third-order valence-electron chi connectivity index (χ3n) is 3.17. The summed E-state index contributed by atoms with van der Waals surface area (Å²) in [7, 11) is 0. The molecule has 4 nitrogen and oxygen atoms in total. The van der Waals surface area contributed by atoms with E-state index in [-0.39, 0.29) is 6.04 Å². The lowest BCUT2D eigenvalue weighted by Crippen LogP contribution is -2.20. The highest BCUT2D eigenvalue weighted by Crippen LogP contribution is 2.35. The van der Waals surface area contributed by atoms with Crippen LogP contribution in [0.4, 0.5) is 0 Å². The minimum absolute atomic E-state index is 0.290. The van der Waals surface area contributed by atoms with E-state index in [4.69, 9.17) is 9.47 Å². The van der Waals surface area contributed by atoms with E-state index in [1.165, 1.54) is 0 Å². The summed E-state index contributed by atoms with van der Waals surface area (Å²) in [4.78, 5) is 4.37. The van der Waals surface area contributed by atoms with Crippen LogP contribution in [0.5, 0.6) is 11.5 Å².